The normalized spacial score (nSPS) is 13.3. The summed E-state index contributed by atoms with van der Waals surface area (Å²) in [6, 6.07) is -3.50. The van der Waals surface area contributed by atoms with Gasteiger partial charge in [0.2, 0.25) is 5.91 Å². The van der Waals surface area contributed by atoms with E-state index in [1.165, 1.54) is 0 Å². The van der Waals surface area contributed by atoms with Gasteiger partial charge in [-0.15, -0.1) is 0 Å². The van der Waals surface area contributed by atoms with Crippen LogP contribution in [0.5, 0.6) is 0 Å². The summed E-state index contributed by atoms with van der Waals surface area (Å²) in [6.07, 6.45) is -0.514. The molecule has 0 saturated carbocycles. The molecule has 0 spiro atoms. The third kappa shape index (κ3) is 7.19. The van der Waals surface area contributed by atoms with Crippen molar-refractivity contribution in [3.05, 3.63) is 0 Å². The molecule has 9 heteroatoms. The van der Waals surface area contributed by atoms with Gasteiger partial charge in [-0.25, -0.2) is 9.59 Å². The number of primary amides is 1. The quantitative estimate of drug-likeness (QED) is 0.390. The Morgan fingerprint density at radius 2 is 1.60 bits per heavy atom. The first-order valence-electron chi connectivity index (χ1n) is 5.94. The van der Waals surface area contributed by atoms with Crippen molar-refractivity contribution in [3.8, 4) is 0 Å². The molecule has 3 amide bonds. The lowest BCUT2D eigenvalue weighted by Crippen LogP contribution is -2.53. The van der Waals surface area contributed by atoms with Crippen molar-refractivity contribution >= 4 is 23.9 Å². The first-order chi connectivity index (χ1) is 9.13. The fraction of sp³-hybridized carbons (Fsp3) is 0.636. The Bertz CT molecular complexity index is 396. The summed E-state index contributed by atoms with van der Waals surface area (Å²) in [5, 5.41) is 21.7. The number of urea groups is 1. The Kier molecular flexibility index (Phi) is 7.05. The lowest BCUT2D eigenvalue weighted by molar-refractivity contribution is -0.147. The third-order valence-corrected chi connectivity index (χ3v) is 2.33. The van der Waals surface area contributed by atoms with Gasteiger partial charge in [-0.3, -0.25) is 9.59 Å². The molecular formula is C11H19N3O6. The SMILES string of the molecule is CC(C)CC(NC(N)=O)C(=O)N[C@@H](CC(=O)O)C(=O)O. The van der Waals surface area contributed by atoms with Gasteiger partial charge in [0, 0.05) is 0 Å². The lowest BCUT2D eigenvalue weighted by atomic mass is 10.0. The number of carbonyl (C=O) groups excluding carboxylic acids is 2. The van der Waals surface area contributed by atoms with Gasteiger partial charge in [-0.1, -0.05) is 13.8 Å². The zero-order chi connectivity index (χ0) is 15.9. The topological polar surface area (TPSA) is 159 Å². The van der Waals surface area contributed by atoms with Crippen LogP contribution in [0, 0.1) is 5.92 Å². The maximum Gasteiger partial charge on any atom is 0.326 e. The van der Waals surface area contributed by atoms with E-state index in [0.29, 0.717) is 0 Å². The van der Waals surface area contributed by atoms with Crippen LogP contribution in [0.25, 0.3) is 0 Å². The molecule has 114 valence electrons. The first kappa shape index (κ1) is 17.7. The summed E-state index contributed by atoms with van der Waals surface area (Å²) in [4.78, 5) is 44.1. The summed E-state index contributed by atoms with van der Waals surface area (Å²) in [5.41, 5.74) is 4.94. The molecule has 0 aliphatic carbocycles. The number of rotatable bonds is 8. The Morgan fingerprint density at radius 1 is 1.05 bits per heavy atom. The van der Waals surface area contributed by atoms with Gasteiger partial charge < -0.3 is 26.6 Å². The van der Waals surface area contributed by atoms with E-state index in [2.05, 4.69) is 10.6 Å². The summed E-state index contributed by atoms with van der Waals surface area (Å²) in [6.45, 7) is 3.60. The molecule has 0 aromatic heterocycles. The van der Waals surface area contributed by atoms with E-state index in [1.54, 1.807) is 13.8 Å². The van der Waals surface area contributed by atoms with Gasteiger partial charge in [-0.2, -0.15) is 0 Å². The molecule has 0 aliphatic rings. The molecule has 6 N–H and O–H groups in total. The van der Waals surface area contributed by atoms with E-state index in [9.17, 15) is 19.2 Å². The van der Waals surface area contributed by atoms with Gasteiger partial charge in [0.05, 0.1) is 6.42 Å². The highest BCUT2D eigenvalue weighted by atomic mass is 16.4. The predicted octanol–water partition coefficient (Wildman–Crippen LogP) is -0.886. The van der Waals surface area contributed by atoms with E-state index >= 15 is 0 Å². The molecule has 0 rings (SSSR count). The Balaban J connectivity index is 4.81. The van der Waals surface area contributed by atoms with Crippen LogP contribution in [0.1, 0.15) is 26.7 Å². The molecule has 0 aliphatic heterocycles. The minimum absolute atomic E-state index is 0.0420. The number of carbonyl (C=O) groups is 4. The number of carboxylic acids is 2. The van der Waals surface area contributed by atoms with Gasteiger partial charge in [0.25, 0.3) is 0 Å². The third-order valence-electron chi connectivity index (χ3n) is 2.33. The Labute approximate surface area is 115 Å². The zero-order valence-corrected chi connectivity index (χ0v) is 11.3. The van der Waals surface area contributed by atoms with Crippen molar-refractivity contribution < 1.29 is 29.4 Å². The molecule has 20 heavy (non-hydrogen) atoms. The summed E-state index contributed by atoms with van der Waals surface area (Å²) >= 11 is 0. The fourth-order valence-electron chi connectivity index (χ4n) is 1.52. The van der Waals surface area contributed by atoms with Gasteiger partial charge in [0.15, 0.2) is 0 Å². The molecular weight excluding hydrogens is 270 g/mol. The number of hydrogen-bond acceptors (Lipinski definition) is 4. The number of hydrogen-bond donors (Lipinski definition) is 5. The van der Waals surface area contributed by atoms with E-state index in [-0.39, 0.29) is 12.3 Å². The van der Waals surface area contributed by atoms with Crippen LogP contribution < -0.4 is 16.4 Å². The van der Waals surface area contributed by atoms with Crippen LogP contribution in [-0.4, -0.2) is 46.2 Å². The standard InChI is InChI=1S/C11H19N3O6/c1-5(2)3-6(14-11(12)20)9(17)13-7(10(18)19)4-8(15)16/h5-7H,3-4H2,1-2H3,(H,13,17)(H,15,16)(H,18,19)(H3,12,14,20)/t6?,7-/m0/s1. The van der Waals surface area contributed by atoms with E-state index < -0.39 is 42.4 Å². The average Bonchev–Trinajstić information content (AvgIpc) is 2.24. The maximum absolute atomic E-state index is 11.9. The number of carboxylic acid groups (broad SMARTS) is 2. The second-order valence-corrected chi connectivity index (χ2v) is 4.69. The van der Waals surface area contributed by atoms with Crippen LogP contribution in [0.15, 0.2) is 0 Å². The molecule has 0 radical (unpaired) electrons. The van der Waals surface area contributed by atoms with Crippen molar-refractivity contribution in [1.29, 1.82) is 0 Å². The highest BCUT2D eigenvalue weighted by Gasteiger charge is 2.28. The van der Waals surface area contributed by atoms with Crippen LogP contribution in [0.3, 0.4) is 0 Å². The molecule has 0 heterocycles. The molecule has 9 nitrogen and oxygen atoms in total. The maximum atomic E-state index is 11.9. The van der Waals surface area contributed by atoms with Crippen molar-refractivity contribution in [2.75, 3.05) is 0 Å². The van der Waals surface area contributed by atoms with Crippen molar-refractivity contribution in [3.63, 3.8) is 0 Å². The summed E-state index contributed by atoms with van der Waals surface area (Å²) in [7, 11) is 0. The van der Waals surface area contributed by atoms with E-state index in [0.717, 1.165) is 0 Å². The van der Waals surface area contributed by atoms with E-state index in [4.69, 9.17) is 15.9 Å². The minimum Gasteiger partial charge on any atom is -0.481 e. The van der Waals surface area contributed by atoms with Crippen LogP contribution in [0.4, 0.5) is 4.79 Å². The number of nitrogens with two attached hydrogens (primary N) is 1. The van der Waals surface area contributed by atoms with Crippen LogP contribution in [0.2, 0.25) is 0 Å². The van der Waals surface area contributed by atoms with Crippen molar-refractivity contribution in [2.24, 2.45) is 11.7 Å². The lowest BCUT2D eigenvalue weighted by Gasteiger charge is -2.21. The van der Waals surface area contributed by atoms with Crippen molar-refractivity contribution in [1.82, 2.24) is 10.6 Å². The number of aliphatic carboxylic acids is 2. The summed E-state index contributed by atoms with van der Waals surface area (Å²) in [5.74, 6) is -3.57. The van der Waals surface area contributed by atoms with Crippen LogP contribution in [-0.2, 0) is 14.4 Å². The zero-order valence-electron chi connectivity index (χ0n) is 11.3. The highest BCUT2D eigenvalue weighted by Crippen LogP contribution is 2.06. The van der Waals surface area contributed by atoms with E-state index in [1.807, 2.05) is 0 Å². The molecule has 0 fully saturated rings. The highest BCUT2D eigenvalue weighted by molar-refractivity contribution is 5.91. The van der Waals surface area contributed by atoms with Gasteiger partial charge >= 0.3 is 18.0 Å². The number of nitrogens with one attached hydrogen (secondary N) is 2. The molecule has 2 atom stereocenters. The van der Waals surface area contributed by atoms with Gasteiger partial charge in [-0.05, 0) is 12.3 Å². The second-order valence-electron chi connectivity index (χ2n) is 4.69. The fourth-order valence-corrected chi connectivity index (χ4v) is 1.52. The van der Waals surface area contributed by atoms with Gasteiger partial charge in [0.1, 0.15) is 12.1 Å². The smallest absolute Gasteiger partial charge is 0.326 e. The predicted molar refractivity (Wildman–Crippen MR) is 67.8 cm³/mol. The Morgan fingerprint density at radius 3 is 1.95 bits per heavy atom. The minimum atomic E-state index is -1.57. The monoisotopic (exact) mass is 289 g/mol. The molecule has 0 bridgehead atoms. The summed E-state index contributed by atoms with van der Waals surface area (Å²) < 4.78 is 0. The molecule has 0 saturated heterocycles. The second kappa shape index (κ2) is 7.97. The van der Waals surface area contributed by atoms with Crippen molar-refractivity contribution in [2.45, 2.75) is 38.8 Å². The first-order valence-corrected chi connectivity index (χ1v) is 5.94. The largest absolute Gasteiger partial charge is 0.481 e. The van der Waals surface area contributed by atoms with Crippen LogP contribution >= 0.6 is 0 Å². The molecule has 0 aromatic carbocycles. The molecule has 0 aromatic rings. The number of amides is 3. The molecule has 1 unspecified atom stereocenters. The Hall–Kier alpha value is -2.32. The average molecular weight is 289 g/mol.